The van der Waals surface area contributed by atoms with Gasteiger partial charge in [0.2, 0.25) is 0 Å². The van der Waals surface area contributed by atoms with Gasteiger partial charge in [-0.2, -0.15) is 0 Å². The van der Waals surface area contributed by atoms with Crippen LogP contribution in [0.1, 0.15) is 16.5 Å². The summed E-state index contributed by atoms with van der Waals surface area (Å²) >= 11 is 6.53. The maximum absolute atomic E-state index is 6.53. The molecule has 20 heavy (non-hydrogen) atoms. The zero-order valence-electron chi connectivity index (χ0n) is 11.9. The highest BCUT2D eigenvalue weighted by atomic mass is 35.5. The zero-order valence-corrected chi connectivity index (χ0v) is 12.7. The van der Waals surface area contributed by atoms with Gasteiger partial charge in [0.15, 0.2) is 0 Å². The van der Waals surface area contributed by atoms with Crippen molar-refractivity contribution >= 4 is 11.6 Å². The molecule has 0 saturated carbocycles. The summed E-state index contributed by atoms with van der Waals surface area (Å²) in [7, 11) is 3.76. The third-order valence-corrected chi connectivity index (χ3v) is 3.62. The van der Waals surface area contributed by atoms with Gasteiger partial charge >= 0.3 is 0 Å². The molecule has 0 amide bonds. The average Bonchev–Trinajstić information content (AvgIpc) is 2.48. The van der Waals surface area contributed by atoms with Crippen LogP contribution in [-0.4, -0.2) is 25.6 Å². The number of para-hydroxylation sites is 1. The van der Waals surface area contributed by atoms with E-state index in [1.54, 1.807) is 7.11 Å². The van der Waals surface area contributed by atoms with E-state index in [2.05, 4.69) is 36.2 Å². The highest BCUT2D eigenvalue weighted by molar-refractivity contribution is 6.21. The second kappa shape index (κ2) is 7.32. The van der Waals surface area contributed by atoms with E-state index in [1.807, 2.05) is 30.3 Å². The fourth-order valence-electron chi connectivity index (χ4n) is 2.26. The molecule has 0 saturated heterocycles. The molecule has 1 unspecified atom stereocenters. The molecule has 0 aliphatic heterocycles. The van der Waals surface area contributed by atoms with Crippen LogP contribution in [0.5, 0.6) is 5.75 Å². The normalized spacial score (nSPS) is 12.4. The molecule has 1 atom stereocenters. The van der Waals surface area contributed by atoms with Crippen LogP contribution < -0.4 is 4.74 Å². The van der Waals surface area contributed by atoms with Gasteiger partial charge in [-0.05, 0) is 18.7 Å². The number of halogens is 1. The molecule has 0 spiro atoms. The topological polar surface area (TPSA) is 12.5 Å². The molecule has 0 bridgehead atoms. The number of ether oxygens (including phenoxy) is 1. The Morgan fingerprint density at radius 3 is 2.40 bits per heavy atom. The van der Waals surface area contributed by atoms with Crippen molar-refractivity contribution in [3.05, 3.63) is 65.7 Å². The number of nitrogens with zero attached hydrogens (tertiary/aromatic N) is 1. The molecule has 0 fully saturated rings. The van der Waals surface area contributed by atoms with Gasteiger partial charge < -0.3 is 9.64 Å². The lowest BCUT2D eigenvalue weighted by atomic mass is 10.1. The predicted molar refractivity (Wildman–Crippen MR) is 84.4 cm³/mol. The Balaban J connectivity index is 1.98. The first kappa shape index (κ1) is 14.9. The monoisotopic (exact) mass is 289 g/mol. The number of benzene rings is 2. The molecule has 0 radical (unpaired) electrons. The minimum absolute atomic E-state index is 0.0835. The summed E-state index contributed by atoms with van der Waals surface area (Å²) in [5.41, 5.74) is 2.33. The molecular formula is C17H20ClNO. The zero-order chi connectivity index (χ0) is 14.4. The smallest absolute Gasteiger partial charge is 0.123 e. The SMILES string of the molecule is COc1ccccc1C(Cl)CN(C)Cc1ccccc1. The summed E-state index contributed by atoms with van der Waals surface area (Å²) in [4.78, 5) is 2.22. The van der Waals surface area contributed by atoms with Crippen LogP contribution in [-0.2, 0) is 6.54 Å². The minimum Gasteiger partial charge on any atom is -0.496 e. The Bertz CT molecular complexity index is 530. The van der Waals surface area contributed by atoms with E-state index in [0.717, 1.165) is 24.4 Å². The third-order valence-electron chi connectivity index (χ3n) is 3.24. The van der Waals surface area contributed by atoms with Gasteiger partial charge in [0.25, 0.3) is 0 Å². The van der Waals surface area contributed by atoms with Crippen molar-refractivity contribution in [1.29, 1.82) is 0 Å². The van der Waals surface area contributed by atoms with Crippen molar-refractivity contribution in [1.82, 2.24) is 4.90 Å². The second-order valence-electron chi connectivity index (χ2n) is 4.89. The van der Waals surface area contributed by atoms with Gasteiger partial charge in [0.1, 0.15) is 5.75 Å². The Kier molecular flexibility index (Phi) is 5.45. The van der Waals surface area contributed by atoms with E-state index < -0.39 is 0 Å². The molecule has 0 aliphatic carbocycles. The van der Waals surface area contributed by atoms with Crippen LogP contribution in [0.3, 0.4) is 0 Å². The standard InChI is InChI=1S/C17H20ClNO/c1-19(12-14-8-4-3-5-9-14)13-16(18)15-10-6-7-11-17(15)20-2/h3-11,16H,12-13H2,1-2H3. The maximum atomic E-state index is 6.53. The summed E-state index contributed by atoms with van der Waals surface area (Å²) in [5.74, 6) is 0.848. The van der Waals surface area contributed by atoms with Crippen LogP contribution in [0, 0.1) is 0 Å². The van der Waals surface area contributed by atoms with E-state index >= 15 is 0 Å². The fraction of sp³-hybridized carbons (Fsp3) is 0.294. The molecule has 0 aromatic heterocycles. The molecular weight excluding hydrogens is 270 g/mol. The van der Waals surface area contributed by atoms with Gasteiger partial charge in [0.05, 0.1) is 12.5 Å². The van der Waals surface area contributed by atoms with Crippen molar-refractivity contribution < 1.29 is 4.74 Å². The lowest BCUT2D eigenvalue weighted by Gasteiger charge is -2.21. The van der Waals surface area contributed by atoms with E-state index in [1.165, 1.54) is 5.56 Å². The number of rotatable bonds is 6. The van der Waals surface area contributed by atoms with Crippen molar-refractivity contribution in [2.75, 3.05) is 20.7 Å². The summed E-state index contributed by atoms with van der Waals surface area (Å²) in [6, 6.07) is 18.3. The highest BCUT2D eigenvalue weighted by Crippen LogP contribution is 2.30. The third kappa shape index (κ3) is 3.99. The average molecular weight is 290 g/mol. The molecule has 2 aromatic rings. The summed E-state index contributed by atoms with van der Waals surface area (Å²) in [6.45, 7) is 1.66. The van der Waals surface area contributed by atoms with E-state index in [9.17, 15) is 0 Å². The van der Waals surface area contributed by atoms with E-state index in [4.69, 9.17) is 16.3 Å². The number of hydrogen-bond acceptors (Lipinski definition) is 2. The number of alkyl halides is 1. The van der Waals surface area contributed by atoms with E-state index in [-0.39, 0.29) is 5.38 Å². The van der Waals surface area contributed by atoms with Gasteiger partial charge in [-0.15, -0.1) is 11.6 Å². The molecule has 0 N–H and O–H groups in total. The quantitative estimate of drug-likeness (QED) is 0.742. The molecule has 2 nitrogen and oxygen atoms in total. The summed E-state index contributed by atoms with van der Waals surface area (Å²) in [5, 5.41) is -0.0835. The van der Waals surface area contributed by atoms with Gasteiger partial charge in [-0.1, -0.05) is 48.5 Å². The number of hydrogen-bond donors (Lipinski definition) is 0. The van der Waals surface area contributed by atoms with Gasteiger partial charge in [-0.3, -0.25) is 0 Å². The molecule has 3 heteroatoms. The first-order valence-electron chi connectivity index (χ1n) is 6.70. The number of methoxy groups -OCH3 is 1. The Morgan fingerprint density at radius 2 is 1.70 bits per heavy atom. The Morgan fingerprint density at radius 1 is 1.05 bits per heavy atom. The van der Waals surface area contributed by atoms with Crippen LogP contribution in [0.15, 0.2) is 54.6 Å². The van der Waals surface area contributed by atoms with Crippen LogP contribution in [0.2, 0.25) is 0 Å². The highest BCUT2D eigenvalue weighted by Gasteiger charge is 2.15. The summed E-state index contributed by atoms with van der Waals surface area (Å²) in [6.07, 6.45) is 0. The Hall–Kier alpha value is -1.51. The van der Waals surface area contributed by atoms with Crippen molar-refractivity contribution in [3.8, 4) is 5.75 Å². The minimum atomic E-state index is -0.0835. The maximum Gasteiger partial charge on any atom is 0.123 e. The van der Waals surface area contributed by atoms with Crippen LogP contribution in [0.25, 0.3) is 0 Å². The second-order valence-corrected chi connectivity index (χ2v) is 5.42. The van der Waals surface area contributed by atoms with Crippen molar-refractivity contribution in [3.63, 3.8) is 0 Å². The molecule has 2 rings (SSSR count). The Labute approximate surface area is 125 Å². The molecule has 106 valence electrons. The lowest BCUT2D eigenvalue weighted by molar-refractivity contribution is 0.323. The van der Waals surface area contributed by atoms with Crippen LogP contribution in [0.4, 0.5) is 0 Å². The number of likely N-dealkylation sites (N-methyl/N-ethyl adjacent to an activating group) is 1. The van der Waals surface area contributed by atoms with E-state index in [0.29, 0.717) is 0 Å². The molecule has 2 aromatic carbocycles. The lowest BCUT2D eigenvalue weighted by Crippen LogP contribution is -2.22. The van der Waals surface area contributed by atoms with Gasteiger partial charge in [0, 0.05) is 18.7 Å². The molecule has 0 aliphatic rings. The predicted octanol–water partition coefficient (Wildman–Crippen LogP) is 4.11. The van der Waals surface area contributed by atoms with Crippen LogP contribution >= 0.6 is 11.6 Å². The first-order valence-corrected chi connectivity index (χ1v) is 7.14. The van der Waals surface area contributed by atoms with Gasteiger partial charge in [-0.25, -0.2) is 0 Å². The fourth-order valence-corrected chi connectivity index (χ4v) is 2.67. The summed E-state index contributed by atoms with van der Waals surface area (Å²) < 4.78 is 5.36. The molecule has 0 heterocycles. The largest absolute Gasteiger partial charge is 0.496 e. The first-order chi connectivity index (χ1) is 9.70. The van der Waals surface area contributed by atoms with Crippen molar-refractivity contribution in [2.45, 2.75) is 11.9 Å². The van der Waals surface area contributed by atoms with Crippen molar-refractivity contribution in [2.24, 2.45) is 0 Å².